The number of phenols is 1. The number of benzene rings is 3. The highest BCUT2D eigenvalue weighted by Crippen LogP contribution is 2.66. The van der Waals surface area contributed by atoms with E-state index in [1.165, 1.54) is 12.0 Å². The van der Waals surface area contributed by atoms with Crippen LogP contribution in [-0.4, -0.2) is 45.8 Å². The van der Waals surface area contributed by atoms with Gasteiger partial charge in [0.25, 0.3) is 11.8 Å². The van der Waals surface area contributed by atoms with Gasteiger partial charge in [0.1, 0.15) is 0 Å². The molecule has 2 aliphatic carbocycles. The summed E-state index contributed by atoms with van der Waals surface area (Å²) < 4.78 is 47.6. The van der Waals surface area contributed by atoms with Crippen LogP contribution in [-0.2, 0) is 30.8 Å². The molecular weight excluding hydrogens is 1040 g/mol. The van der Waals surface area contributed by atoms with Crippen LogP contribution in [0.3, 0.4) is 0 Å². The number of phenolic OH excluding ortho intramolecular Hbond substituents is 1. The lowest BCUT2D eigenvalue weighted by Crippen LogP contribution is -2.53. The van der Waals surface area contributed by atoms with Crippen LogP contribution in [0.25, 0.3) is 0 Å². The molecule has 3 heterocycles. The SMILES string of the molecule is COc1cc([C@H]2C3=CC[C@@H]4C(=O)N(c5ccc(I)cc5)C(=O)[C@@H]4[C@@H]3C[C@H]3C(=O)N(Nc4ncc(C(F)(F)F)cc4Cl)C(=O)[C@@]23c2ccc(Cl)cc2)c(Br)c(Br)c1O. The van der Waals surface area contributed by atoms with E-state index >= 15 is 4.79 Å². The number of anilines is 2. The number of hydrazine groups is 1. The van der Waals surface area contributed by atoms with Gasteiger partial charge in [-0.2, -0.15) is 18.2 Å². The van der Waals surface area contributed by atoms with Crippen molar-refractivity contribution in [3.63, 3.8) is 0 Å². The first kappa shape index (κ1) is 40.1. The van der Waals surface area contributed by atoms with E-state index in [2.05, 4.69) is 64.9 Å². The average molecular weight is 1060 g/mol. The Labute approximate surface area is 363 Å². The lowest BCUT2D eigenvalue weighted by atomic mass is 9.49. The summed E-state index contributed by atoms with van der Waals surface area (Å²) in [7, 11) is 1.35. The molecule has 0 spiro atoms. The number of aromatic nitrogens is 1. The number of carbonyl (C=O) groups is 4. The van der Waals surface area contributed by atoms with E-state index in [1.807, 2.05) is 6.08 Å². The third kappa shape index (κ3) is 6.18. The van der Waals surface area contributed by atoms with Gasteiger partial charge in [-0.3, -0.25) is 29.5 Å². The van der Waals surface area contributed by atoms with E-state index in [0.29, 0.717) is 49.2 Å². The Hall–Kier alpha value is -3.71. The lowest BCUT2D eigenvalue weighted by molar-refractivity contribution is -0.139. The molecule has 0 bridgehead atoms. The number of hydrogen-bond donors (Lipinski definition) is 2. The van der Waals surface area contributed by atoms with Crippen LogP contribution in [0.15, 0.2) is 87.5 Å². The molecule has 18 heteroatoms. The number of pyridine rings is 1. The summed E-state index contributed by atoms with van der Waals surface area (Å²) in [6.45, 7) is 0. The number of fused-ring (bicyclic) bond motifs is 4. The van der Waals surface area contributed by atoms with Gasteiger partial charge in [-0.25, -0.2) is 4.98 Å². The molecule has 2 saturated heterocycles. The number of carbonyl (C=O) groups excluding carboxylic acids is 4. The van der Waals surface area contributed by atoms with Crippen molar-refractivity contribution in [3.05, 3.63) is 118 Å². The summed E-state index contributed by atoms with van der Waals surface area (Å²) in [6, 6.07) is 15.5. The number of imide groups is 2. The van der Waals surface area contributed by atoms with Crippen LogP contribution in [0.1, 0.15) is 35.4 Å². The van der Waals surface area contributed by atoms with Gasteiger partial charge in [-0.05, 0) is 133 Å². The summed E-state index contributed by atoms with van der Waals surface area (Å²) in [4.78, 5) is 64.1. The van der Waals surface area contributed by atoms with Gasteiger partial charge in [0.05, 0.1) is 51.0 Å². The van der Waals surface area contributed by atoms with Gasteiger partial charge in [0.2, 0.25) is 11.8 Å². The number of methoxy groups -OCH3 is 1. The number of nitrogens with one attached hydrogen (secondary N) is 1. The van der Waals surface area contributed by atoms with Crippen molar-refractivity contribution in [1.82, 2.24) is 9.99 Å². The molecule has 10 nitrogen and oxygen atoms in total. The molecule has 2 aliphatic heterocycles. The van der Waals surface area contributed by atoms with Crippen molar-refractivity contribution in [3.8, 4) is 11.5 Å². The molecule has 294 valence electrons. The molecule has 2 N–H and O–H groups in total. The highest BCUT2D eigenvalue weighted by atomic mass is 127. The van der Waals surface area contributed by atoms with Crippen LogP contribution in [0.4, 0.5) is 24.7 Å². The molecule has 8 rings (SSSR count). The van der Waals surface area contributed by atoms with Gasteiger partial charge in [0.15, 0.2) is 17.3 Å². The number of rotatable bonds is 6. The maximum Gasteiger partial charge on any atom is 0.417 e. The second-order valence-electron chi connectivity index (χ2n) is 14.1. The summed E-state index contributed by atoms with van der Waals surface area (Å²) in [5.74, 6) is -7.75. The molecule has 6 atom stereocenters. The van der Waals surface area contributed by atoms with Crippen molar-refractivity contribution in [1.29, 1.82) is 0 Å². The summed E-state index contributed by atoms with van der Waals surface area (Å²) in [5.41, 5.74) is 1.43. The lowest BCUT2D eigenvalue weighted by Gasteiger charge is -2.51. The first-order valence-electron chi connectivity index (χ1n) is 17.2. The monoisotopic (exact) mass is 1060 g/mol. The van der Waals surface area contributed by atoms with Crippen molar-refractivity contribution < 1.29 is 42.2 Å². The number of hydrogen-bond acceptors (Lipinski definition) is 8. The number of aromatic hydroxyl groups is 1. The Morgan fingerprint density at radius 1 is 0.965 bits per heavy atom. The van der Waals surface area contributed by atoms with Crippen molar-refractivity contribution in [2.24, 2.45) is 23.7 Å². The summed E-state index contributed by atoms with van der Waals surface area (Å²) in [5, 5.41) is 11.6. The van der Waals surface area contributed by atoms with Gasteiger partial charge in [-0.15, -0.1) is 0 Å². The topological polar surface area (TPSA) is 129 Å². The van der Waals surface area contributed by atoms with Gasteiger partial charge in [0, 0.05) is 25.2 Å². The zero-order chi connectivity index (χ0) is 40.9. The fourth-order valence-electron chi connectivity index (χ4n) is 8.95. The number of nitrogens with zero attached hydrogens (tertiary/aromatic N) is 3. The van der Waals surface area contributed by atoms with E-state index in [4.69, 9.17) is 27.9 Å². The predicted octanol–water partition coefficient (Wildman–Crippen LogP) is 9.44. The van der Waals surface area contributed by atoms with Crippen LogP contribution in [0.5, 0.6) is 11.5 Å². The van der Waals surface area contributed by atoms with E-state index in [1.54, 1.807) is 54.6 Å². The zero-order valence-electron chi connectivity index (χ0n) is 29.1. The highest BCUT2D eigenvalue weighted by Gasteiger charge is 2.71. The number of ether oxygens (including phenoxy) is 1. The molecule has 0 radical (unpaired) electrons. The Bertz CT molecular complexity index is 2440. The zero-order valence-corrected chi connectivity index (χ0v) is 35.9. The number of allylic oxidation sites excluding steroid dienone is 2. The van der Waals surface area contributed by atoms with Gasteiger partial charge < -0.3 is 9.84 Å². The highest BCUT2D eigenvalue weighted by molar-refractivity contribution is 14.1. The molecule has 4 aliphatic rings. The van der Waals surface area contributed by atoms with Crippen LogP contribution in [0, 0.1) is 27.2 Å². The number of halogens is 8. The van der Waals surface area contributed by atoms with Crippen LogP contribution >= 0.6 is 77.7 Å². The van der Waals surface area contributed by atoms with E-state index in [-0.39, 0.29) is 40.5 Å². The van der Waals surface area contributed by atoms with Crippen LogP contribution < -0.4 is 15.1 Å². The van der Waals surface area contributed by atoms with E-state index < -0.39 is 69.5 Å². The smallest absolute Gasteiger partial charge is 0.417 e. The molecule has 57 heavy (non-hydrogen) atoms. The fraction of sp³-hybridized carbons (Fsp3) is 0.256. The fourth-order valence-corrected chi connectivity index (χ4v) is 10.6. The third-order valence-electron chi connectivity index (χ3n) is 11.3. The largest absolute Gasteiger partial charge is 0.503 e. The average Bonchev–Trinajstić information content (AvgIpc) is 3.56. The first-order chi connectivity index (χ1) is 27.0. The molecular formula is C39H26Br2Cl2F3IN4O6. The Morgan fingerprint density at radius 2 is 1.65 bits per heavy atom. The Kier molecular flexibility index (Phi) is 10.2. The minimum Gasteiger partial charge on any atom is -0.503 e. The van der Waals surface area contributed by atoms with Crippen molar-refractivity contribution in [2.45, 2.75) is 30.4 Å². The number of alkyl halides is 3. The quantitative estimate of drug-likeness (QED) is 0.111. The predicted molar refractivity (Wildman–Crippen MR) is 219 cm³/mol. The maximum absolute atomic E-state index is 15.5. The van der Waals surface area contributed by atoms with Gasteiger partial charge >= 0.3 is 6.18 Å². The van der Waals surface area contributed by atoms with E-state index in [0.717, 1.165) is 3.57 Å². The normalized spacial score (nSPS) is 25.6. The van der Waals surface area contributed by atoms with Crippen molar-refractivity contribution >= 4 is 113 Å². The molecule has 3 aromatic carbocycles. The summed E-state index contributed by atoms with van der Waals surface area (Å²) >= 11 is 21.8. The van der Waals surface area contributed by atoms with Crippen LogP contribution in [0.2, 0.25) is 10.0 Å². The minimum atomic E-state index is -4.77. The summed E-state index contributed by atoms with van der Waals surface area (Å²) in [6.07, 6.45) is -2.31. The molecule has 3 fully saturated rings. The van der Waals surface area contributed by atoms with E-state index in [9.17, 15) is 32.7 Å². The molecule has 4 aromatic rings. The molecule has 4 amide bonds. The van der Waals surface area contributed by atoms with Crippen molar-refractivity contribution in [2.75, 3.05) is 17.4 Å². The van der Waals surface area contributed by atoms with Gasteiger partial charge in [-0.1, -0.05) is 47.0 Å². The number of amides is 4. The Balaban J connectivity index is 1.35. The second-order valence-corrected chi connectivity index (χ2v) is 17.7. The molecule has 0 unspecified atom stereocenters. The molecule has 1 aromatic heterocycles. The minimum absolute atomic E-state index is 0.0313. The first-order valence-corrected chi connectivity index (χ1v) is 20.6. The molecule has 1 saturated carbocycles. The maximum atomic E-state index is 15.5. The standard InChI is InChI=1S/C39H26Br2Cl2F3IN4O6/c1-57-27-14-24(30(40)31(41)32(27)52)29-21-10-11-22-28(36(55)50(34(22)53)20-8-6-19(47)7-9-20)23(21)13-25-35(54)51(37(56)38(25,29)16-2-4-18(42)5-3-16)49-33-26(43)12-17(15-48-33)39(44,45)46/h2-10,12,14-15,22-23,25,28-29,52H,11,13H2,1H3,(H,48,49)/t22-,23+,25-,28-,29+,38+/m0/s1. The Morgan fingerprint density at radius 3 is 2.28 bits per heavy atom. The third-order valence-corrected chi connectivity index (χ3v) is 14.8. The second kappa shape index (κ2) is 14.5.